The van der Waals surface area contributed by atoms with Crippen molar-refractivity contribution in [2.75, 3.05) is 7.11 Å². The predicted octanol–water partition coefficient (Wildman–Crippen LogP) is 4.26. The standard InChI is InChI=1S/C16H13BrO2/c1-19-16(18)15(17)11-12-7-9-14(10-8-12)13-5-3-2-4-6-13/h2-11H,1H3/b15-11-. The molecular formula is C16H13BrO2. The number of hydrogen-bond acceptors (Lipinski definition) is 2. The lowest BCUT2D eigenvalue weighted by Gasteiger charge is -2.02. The zero-order valence-electron chi connectivity index (χ0n) is 10.5. The molecule has 0 fully saturated rings. The lowest BCUT2D eigenvalue weighted by Crippen LogP contribution is -1.98. The van der Waals surface area contributed by atoms with Crippen LogP contribution in [0.25, 0.3) is 17.2 Å². The quantitative estimate of drug-likeness (QED) is 0.624. The summed E-state index contributed by atoms with van der Waals surface area (Å²) in [5, 5.41) is 0. The van der Waals surface area contributed by atoms with Gasteiger partial charge in [-0.3, -0.25) is 0 Å². The van der Waals surface area contributed by atoms with Gasteiger partial charge < -0.3 is 4.74 Å². The van der Waals surface area contributed by atoms with E-state index in [4.69, 9.17) is 0 Å². The van der Waals surface area contributed by atoms with Crippen LogP contribution in [-0.4, -0.2) is 13.1 Å². The van der Waals surface area contributed by atoms with E-state index in [2.05, 4.69) is 32.8 Å². The Hall–Kier alpha value is -1.87. The molecule has 0 unspecified atom stereocenters. The van der Waals surface area contributed by atoms with E-state index in [1.807, 2.05) is 42.5 Å². The van der Waals surface area contributed by atoms with E-state index in [0.717, 1.165) is 11.1 Å². The highest BCUT2D eigenvalue weighted by Crippen LogP contribution is 2.21. The number of esters is 1. The van der Waals surface area contributed by atoms with Crippen molar-refractivity contribution < 1.29 is 9.53 Å². The van der Waals surface area contributed by atoms with Crippen molar-refractivity contribution in [2.24, 2.45) is 0 Å². The molecule has 0 amide bonds. The molecule has 0 aliphatic carbocycles. The van der Waals surface area contributed by atoms with Gasteiger partial charge in [0.1, 0.15) is 4.48 Å². The molecule has 0 atom stereocenters. The van der Waals surface area contributed by atoms with E-state index in [1.54, 1.807) is 6.08 Å². The van der Waals surface area contributed by atoms with Crippen molar-refractivity contribution in [1.29, 1.82) is 0 Å². The Morgan fingerprint density at radius 3 is 2.16 bits per heavy atom. The molecule has 2 aromatic rings. The maximum Gasteiger partial charge on any atom is 0.344 e. The molecule has 0 saturated heterocycles. The molecule has 0 heterocycles. The van der Waals surface area contributed by atoms with Crippen LogP contribution in [0, 0.1) is 0 Å². The zero-order chi connectivity index (χ0) is 13.7. The summed E-state index contributed by atoms with van der Waals surface area (Å²) in [7, 11) is 1.36. The molecule has 0 N–H and O–H groups in total. The van der Waals surface area contributed by atoms with Crippen LogP contribution in [-0.2, 0) is 9.53 Å². The van der Waals surface area contributed by atoms with Crippen molar-refractivity contribution in [3.63, 3.8) is 0 Å². The minimum Gasteiger partial charge on any atom is -0.465 e. The monoisotopic (exact) mass is 316 g/mol. The molecule has 96 valence electrons. The fraction of sp³-hybridized carbons (Fsp3) is 0.0625. The Labute approximate surface area is 120 Å². The van der Waals surface area contributed by atoms with Crippen molar-refractivity contribution in [3.05, 3.63) is 64.6 Å². The predicted molar refractivity (Wildman–Crippen MR) is 80.8 cm³/mol. The molecule has 0 spiro atoms. The second-order valence-corrected chi connectivity index (χ2v) is 4.83. The van der Waals surface area contributed by atoms with Crippen LogP contribution in [0.1, 0.15) is 5.56 Å². The van der Waals surface area contributed by atoms with Crippen LogP contribution in [0.3, 0.4) is 0 Å². The van der Waals surface area contributed by atoms with Crippen LogP contribution in [0.2, 0.25) is 0 Å². The van der Waals surface area contributed by atoms with Crippen molar-refractivity contribution in [1.82, 2.24) is 0 Å². The Balaban J connectivity index is 2.22. The number of benzene rings is 2. The largest absolute Gasteiger partial charge is 0.465 e. The highest BCUT2D eigenvalue weighted by atomic mass is 79.9. The van der Waals surface area contributed by atoms with Crippen LogP contribution in [0.15, 0.2) is 59.1 Å². The number of hydrogen-bond donors (Lipinski definition) is 0. The van der Waals surface area contributed by atoms with Crippen molar-refractivity contribution in [3.8, 4) is 11.1 Å². The number of carbonyl (C=O) groups is 1. The summed E-state index contributed by atoms with van der Waals surface area (Å²) < 4.78 is 5.03. The maximum absolute atomic E-state index is 11.3. The molecule has 0 aromatic heterocycles. The minimum atomic E-state index is -0.382. The number of methoxy groups -OCH3 is 1. The first-order valence-electron chi connectivity index (χ1n) is 5.81. The molecule has 19 heavy (non-hydrogen) atoms. The van der Waals surface area contributed by atoms with Crippen LogP contribution in [0.5, 0.6) is 0 Å². The summed E-state index contributed by atoms with van der Waals surface area (Å²) in [5.41, 5.74) is 3.26. The van der Waals surface area contributed by atoms with Crippen LogP contribution in [0.4, 0.5) is 0 Å². The van der Waals surface area contributed by atoms with Gasteiger partial charge in [-0.1, -0.05) is 54.6 Å². The number of halogens is 1. The molecule has 2 nitrogen and oxygen atoms in total. The summed E-state index contributed by atoms with van der Waals surface area (Å²) >= 11 is 3.19. The molecule has 0 saturated carbocycles. The van der Waals surface area contributed by atoms with Gasteiger partial charge in [-0.2, -0.15) is 0 Å². The third kappa shape index (κ3) is 3.55. The molecule has 2 rings (SSSR count). The average Bonchev–Trinajstić information content (AvgIpc) is 2.48. The second-order valence-electron chi connectivity index (χ2n) is 3.97. The van der Waals surface area contributed by atoms with Gasteiger partial charge in [-0.05, 0) is 38.7 Å². The first-order valence-corrected chi connectivity index (χ1v) is 6.61. The number of ether oxygens (including phenoxy) is 1. The van der Waals surface area contributed by atoms with E-state index in [1.165, 1.54) is 12.7 Å². The van der Waals surface area contributed by atoms with Gasteiger partial charge in [0.25, 0.3) is 0 Å². The van der Waals surface area contributed by atoms with Crippen LogP contribution < -0.4 is 0 Å². The Morgan fingerprint density at radius 1 is 1.00 bits per heavy atom. The van der Waals surface area contributed by atoms with Gasteiger partial charge in [-0.25, -0.2) is 4.79 Å². The molecule has 0 aliphatic rings. The fourth-order valence-corrected chi connectivity index (χ4v) is 2.13. The SMILES string of the molecule is COC(=O)/C(Br)=C/c1ccc(-c2ccccc2)cc1. The van der Waals surface area contributed by atoms with Gasteiger partial charge in [0.15, 0.2) is 0 Å². The summed E-state index contributed by atoms with van der Waals surface area (Å²) in [4.78, 5) is 11.3. The molecule has 3 heteroatoms. The minimum absolute atomic E-state index is 0.382. The van der Waals surface area contributed by atoms with E-state index < -0.39 is 0 Å². The third-order valence-electron chi connectivity index (χ3n) is 2.69. The molecule has 0 bridgehead atoms. The van der Waals surface area contributed by atoms with E-state index in [0.29, 0.717) is 4.48 Å². The van der Waals surface area contributed by atoms with Crippen molar-refractivity contribution >= 4 is 28.0 Å². The van der Waals surface area contributed by atoms with E-state index >= 15 is 0 Å². The zero-order valence-corrected chi connectivity index (χ0v) is 12.1. The molecule has 0 radical (unpaired) electrons. The van der Waals surface area contributed by atoms with Crippen LogP contribution >= 0.6 is 15.9 Å². The molecule has 0 aliphatic heterocycles. The number of rotatable bonds is 3. The first kappa shape index (κ1) is 13.6. The van der Waals surface area contributed by atoms with Gasteiger partial charge >= 0.3 is 5.97 Å². The van der Waals surface area contributed by atoms with Gasteiger partial charge in [0.05, 0.1) is 7.11 Å². The smallest absolute Gasteiger partial charge is 0.344 e. The second kappa shape index (κ2) is 6.34. The average molecular weight is 317 g/mol. The van der Waals surface area contributed by atoms with Crippen molar-refractivity contribution in [2.45, 2.75) is 0 Å². The fourth-order valence-electron chi connectivity index (χ4n) is 1.71. The maximum atomic E-state index is 11.3. The highest BCUT2D eigenvalue weighted by molar-refractivity contribution is 9.12. The van der Waals surface area contributed by atoms with Gasteiger partial charge in [0.2, 0.25) is 0 Å². The Bertz CT molecular complexity index is 586. The number of carbonyl (C=O) groups excluding carboxylic acids is 1. The normalized spacial score (nSPS) is 11.2. The summed E-state index contributed by atoms with van der Waals surface area (Å²) in [5.74, 6) is -0.382. The molecule has 2 aromatic carbocycles. The van der Waals surface area contributed by atoms with E-state index in [-0.39, 0.29) is 5.97 Å². The third-order valence-corrected chi connectivity index (χ3v) is 3.24. The topological polar surface area (TPSA) is 26.3 Å². The summed E-state index contributed by atoms with van der Waals surface area (Å²) in [6, 6.07) is 18.1. The first-order chi connectivity index (χ1) is 9.20. The van der Waals surface area contributed by atoms with Gasteiger partial charge in [0, 0.05) is 0 Å². The Kier molecular flexibility index (Phi) is 4.53. The highest BCUT2D eigenvalue weighted by Gasteiger charge is 2.05. The molecular weight excluding hydrogens is 304 g/mol. The lowest BCUT2D eigenvalue weighted by atomic mass is 10.0. The van der Waals surface area contributed by atoms with E-state index in [9.17, 15) is 4.79 Å². The summed E-state index contributed by atoms with van der Waals surface area (Å²) in [6.07, 6.45) is 1.74. The lowest BCUT2D eigenvalue weighted by molar-refractivity contribution is -0.135. The van der Waals surface area contributed by atoms with Gasteiger partial charge in [-0.15, -0.1) is 0 Å². The summed E-state index contributed by atoms with van der Waals surface area (Å²) in [6.45, 7) is 0. The Morgan fingerprint density at radius 2 is 1.58 bits per heavy atom.